The van der Waals surface area contributed by atoms with E-state index in [1.165, 1.54) is 32.4 Å². The van der Waals surface area contributed by atoms with Crippen LogP contribution in [0, 0.1) is 0 Å². The van der Waals surface area contributed by atoms with E-state index in [4.69, 9.17) is 25.8 Å². The molecule has 0 atom stereocenters. The number of methoxy groups -OCH3 is 2. The molecular weight excluding hydrogens is 384 g/mol. The van der Waals surface area contributed by atoms with Gasteiger partial charge in [-0.25, -0.2) is 8.42 Å². The summed E-state index contributed by atoms with van der Waals surface area (Å²) in [6.07, 6.45) is 0. The fourth-order valence-electron chi connectivity index (χ4n) is 2.37. The third-order valence-electron chi connectivity index (χ3n) is 3.61. The van der Waals surface area contributed by atoms with Crippen LogP contribution in [0.25, 0.3) is 0 Å². The SMILES string of the molecule is COc1ccc(NS(=O)(=O)c2cc3c(cc2Cl)NC(=O)CO3)c(OC)c1. The molecule has 0 saturated carbocycles. The van der Waals surface area contributed by atoms with E-state index < -0.39 is 10.0 Å². The third-order valence-corrected chi connectivity index (χ3v) is 5.44. The second-order valence-corrected chi connectivity index (χ2v) is 7.35. The zero-order valence-corrected chi connectivity index (χ0v) is 15.4. The second kappa shape index (κ2) is 6.93. The van der Waals surface area contributed by atoms with Crippen molar-refractivity contribution in [1.82, 2.24) is 0 Å². The average molecular weight is 399 g/mol. The van der Waals surface area contributed by atoms with Gasteiger partial charge >= 0.3 is 0 Å². The molecule has 1 aliphatic rings. The molecule has 0 unspecified atom stereocenters. The lowest BCUT2D eigenvalue weighted by atomic mass is 10.2. The highest BCUT2D eigenvalue weighted by Crippen LogP contribution is 2.37. The summed E-state index contributed by atoms with van der Waals surface area (Å²) in [6, 6.07) is 7.24. The number of halogens is 1. The van der Waals surface area contributed by atoms with Crippen LogP contribution in [0.15, 0.2) is 35.2 Å². The number of carbonyl (C=O) groups excluding carboxylic acids is 1. The lowest BCUT2D eigenvalue weighted by molar-refractivity contribution is -0.118. The van der Waals surface area contributed by atoms with Crippen LogP contribution < -0.4 is 24.2 Å². The standard InChI is InChI=1S/C16H15ClN2O6S/c1-23-9-3-4-11(13(5-9)24-2)19-26(21,22)15-7-14-12(6-10(15)17)18-16(20)8-25-14/h3-7,19H,8H2,1-2H3,(H,18,20). The van der Waals surface area contributed by atoms with Crippen molar-refractivity contribution in [2.24, 2.45) is 0 Å². The number of hydrogen-bond acceptors (Lipinski definition) is 6. The number of fused-ring (bicyclic) bond motifs is 1. The van der Waals surface area contributed by atoms with Gasteiger partial charge in [-0.05, 0) is 18.2 Å². The van der Waals surface area contributed by atoms with E-state index >= 15 is 0 Å². The van der Waals surface area contributed by atoms with Gasteiger partial charge in [0.05, 0.1) is 30.6 Å². The van der Waals surface area contributed by atoms with Gasteiger partial charge in [0.2, 0.25) is 0 Å². The van der Waals surface area contributed by atoms with E-state index in [1.807, 2.05) is 0 Å². The number of nitrogens with one attached hydrogen (secondary N) is 2. The Kier molecular flexibility index (Phi) is 4.84. The quantitative estimate of drug-likeness (QED) is 0.802. The second-order valence-electron chi connectivity index (χ2n) is 5.29. The Morgan fingerprint density at radius 2 is 1.96 bits per heavy atom. The maximum atomic E-state index is 12.8. The number of amides is 1. The molecule has 0 spiro atoms. The Morgan fingerprint density at radius 1 is 1.19 bits per heavy atom. The number of sulfonamides is 1. The maximum Gasteiger partial charge on any atom is 0.263 e. The lowest BCUT2D eigenvalue weighted by Gasteiger charge is -2.20. The zero-order chi connectivity index (χ0) is 18.9. The molecule has 0 bridgehead atoms. The third kappa shape index (κ3) is 3.49. The Labute approximate surface area is 155 Å². The van der Waals surface area contributed by atoms with Gasteiger partial charge in [-0.15, -0.1) is 0 Å². The molecule has 2 N–H and O–H groups in total. The minimum absolute atomic E-state index is 0.0606. The number of carbonyl (C=O) groups is 1. The maximum absolute atomic E-state index is 12.8. The summed E-state index contributed by atoms with van der Waals surface area (Å²) >= 11 is 6.10. The largest absolute Gasteiger partial charge is 0.497 e. The molecule has 0 fully saturated rings. The van der Waals surface area contributed by atoms with Gasteiger partial charge in [-0.3, -0.25) is 9.52 Å². The minimum Gasteiger partial charge on any atom is -0.497 e. The van der Waals surface area contributed by atoms with Crippen molar-refractivity contribution in [2.75, 3.05) is 30.9 Å². The Balaban J connectivity index is 1.98. The lowest BCUT2D eigenvalue weighted by Crippen LogP contribution is -2.25. The molecule has 3 rings (SSSR count). The van der Waals surface area contributed by atoms with E-state index in [2.05, 4.69) is 10.0 Å². The van der Waals surface area contributed by atoms with Gasteiger partial charge in [0.15, 0.2) is 6.61 Å². The first kappa shape index (κ1) is 18.2. The first-order valence-electron chi connectivity index (χ1n) is 7.35. The van der Waals surface area contributed by atoms with Crippen LogP contribution in [0.1, 0.15) is 0 Å². The fraction of sp³-hybridized carbons (Fsp3) is 0.188. The van der Waals surface area contributed by atoms with E-state index in [-0.39, 0.29) is 39.6 Å². The molecular formula is C16H15ClN2O6S. The smallest absolute Gasteiger partial charge is 0.263 e. The van der Waals surface area contributed by atoms with E-state index in [0.717, 1.165) is 0 Å². The molecule has 26 heavy (non-hydrogen) atoms. The van der Waals surface area contributed by atoms with Gasteiger partial charge in [0.1, 0.15) is 22.1 Å². The van der Waals surface area contributed by atoms with Crippen LogP contribution in [-0.4, -0.2) is 35.2 Å². The number of rotatable bonds is 5. The number of hydrogen-bond donors (Lipinski definition) is 2. The monoisotopic (exact) mass is 398 g/mol. The molecule has 0 aliphatic carbocycles. The average Bonchev–Trinajstić information content (AvgIpc) is 2.60. The Morgan fingerprint density at radius 3 is 2.65 bits per heavy atom. The van der Waals surface area contributed by atoms with Crippen molar-refractivity contribution < 1.29 is 27.4 Å². The zero-order valence-electron chi connectivity index (χ0n) is 13.8. The van der Waals surface area contributed by atoms with Crippen LogP contribution in [0.4, 0.5) is 11.4 Å². The fourth-order valence-corrected chi connectivity index (χ4v) is 3.98. The van der Waals surface area contributed by atoms with E-state index in [9.17, 15) is 13.2 Å². The highest BCUT2D eigenvalue weighted by Gasteiger charge is 2.25. The minimum atomic E-state index is -4.04. The number of benzene rings is 2. The molecule has 1 heterocycles. The van der Waals surface area contributed by atoms with Gasteiger partial charge in [-0.1, -0.05) is 11.6 Å². The predicted octanol–water partition coefficient (Wildman–Crippen LogP) is 2.49. The predicted molar refractivity (Wildman–Crippen MR) is 95.9 cm³/mol. The van der Waals surface area contributed by atoms with Crippen LogP contribution in [0.2, 0.25) is 5.02 Å². The Hall–Kier alpha value is -2.65. The number of anilines is 2. The van der Waals surface area contributed by atoms with Gasteiger partial charge in [-0.2, -0.15) is 0 Å². The van der Waals surface area contributed by atoms with Gasteiger partial charge in [0, 0.05) is 12.1 Å². The molecule has 8 nitrogen and oxygen atoms in total. The number of ether oxygens (including phenoxy) is 3. The van der Waals surface area contributed by atoms with Crippen LogP contribution >= 0.6 is 11.6 Å². The molecule has 0 radical (unpaired) electrons. The van der Waals surface area contributed by atoms with Crippen molar-refractivity contribution in [3.63, 3.8) is 0 Å². The van der Waals surface area contributed by atoms with Crippen molar-refractivity contribution in [3.05, 3.63) is 35.4 Å². The van der Waals surface area contributed by atoms with Crippen LogP contribution in [0.5, 0.6) is 17.2 Å². The molecule has 2 aromatic rings. The van der Waals surface area contributed by atoms with Crippen LogP contribution in [-0.2, 0) is 14.8 Å². The van der Waals surface area contributed by atoms with Crippen LogP contribution in [0.3, 0.4) is 0 Å². The molecule has 2 aromatic carbocycles. The summed E-state index contributed by atoms with van der Waals surface area (Å²) in [4.78, 5) is 11.2. The van der Waals surface area contributed by atoms with E-state index in [1.54, 1.807) is 12.1 Å². The van der Waals surface area contributed by atoms with Gasteiger partial charge < -0.3 is 19.5 Å². The summed E-state index contributed by atoms with van der Waals surface area (Å²) in [5, 5.41) is 2.50. The summed E-state index contributed by atoms with van der Waals surface area (Å²) in [5.41, 5.74) is 0.531. The summed E-state index contributed by atoms with van der Waals surface area (Å²) in [6.45, 7) is -0.201. The van der Waals surface area contributed by atoms with E-state index in [0.29, 0.717) is 11.4 Å². The molecule has 1 amide bonds. The first-order chi connectivity index (χ1) is 12.3. The van der Waals surface area contributed by atoms with Crippen molar-refractivity contribution in [1.29, 1.82) is 0 Å². The summed E-state index contributed by atoms with van der Waals surface area (Å²) < 4.78 is 43.5. The normalized spacial score (nSPS) is 13.3. The highest BCUT2D eigenvalue weighted by molar-refractivity contribution is 7.92. The molecule has 10 heteroatoms. The summed E-state index contributed by atoms with van der Waals surface area (Å²) in [5.74, 6) is 0.674. The highest BCUT2D eigenvalue weighted by atomic mass is 35.5. The molecule has 1 aliphatic heterocycles. The van der Waals surface area contributed by atoms with Crippen molar-refractivity contribution >= 4 is 38.9 Å². The summed E-state index contributed by atoms with van der Waals surface area (Å²) in [7, 11) is -1.14. The van der Waals surface area contributed by atoms with Gasteiger partial charge in [0.25, 0.3) is 15.9 Å². The Bertz CT molecular complexity index is 977. The molecule has 138 valence electrons. The molecule has 0 aromatic heterocycles. The first-order valence-corrected chi connectivity index (χ1v) is 9.21. The molecule has 0 saturated heterocycles. The van der Waals surface area contributed by atoms with Crippen molar-refractivity contribution in [3.8, 4) is 17.2 Å². The topological polar surface area (TPSA) is 103 Å². The van der Waals surface area contributed by atoms with Crippen molar-refractivity contribution in [2.45, 2.75) is 4.90 Å².